The second kappa shape index (κ2) is 11.4. The number of hydrogen-bond donors (Lipinski definition) is 2. The molecule has 2 N–H and O–H groups in total. The van der Waals surface area contributed by atoms with Gasteiger partial charge < -0.3 is 20.1 Å². The maximum Gasteiger partial charge on any atom is 0.310 e. The lowest BCUT2D eigenvalue weighted by Gasteiger charge is -2.35. The van der Waals surface area contributed by atoms with E-state index in [0.29, 0.717) is 10.7 Å². The van der Waals surface area contributed by atoms with Crippen LogP contribution in [-0.2, 0) is 19.1 Å². The molecule has 1 aliphatic heterocycles. The Labute approximate surface area is 206 Å². The summed E-state index contributed by atoms with van der Waals surface area (Å²) in [6, 6.07) is 5.33. The largest absolute Gasteiger partial charge is 0.466 e. The van der Waals surface area contributed by atoms with Gasteiger partial charge in [0.1, 0.15) is 6.04 Å². The predicted molar refractivity (Wildman–Crippen MR) is 131 cm³/mol. The van der Waals surface area contributed by atoms with Crippen molar-refractivity contribution < 1.29 is 24.2 Å². The third-order valence-corrected chi connectivity index (χ3v) is 7.17. The highest BCUT2D eigenvalue weighted by atomic mass is 35.5. The molecule has 7 nitrogen and oxygen atoms in total. The van der Waals surface area contributed by atoms with Gasteiger partial charge in [-0.05, 0) is 49.4 Å². The first kappa shape index (κ1) is 26.2. The summed E-state index contributed by atoms with van der Waals surface area (Å²) in [7, 11) is 0. The van der Waals surface area contributed by atoms with Crippen LogP contribution in [0.5, 0.6) is 0 Å². The van der Waals surface area contributed by atoms with E-state index >= 15 is 0 Å². The fraction of sp³-hybridized carbons (Fsp3) is 0.577. The standard InChI is InChI=1S/C26H35ClN2O5/c1-5-7-16-8-13-19-22(21(16)26(33)34-6-2)25(32)29(20(14-30)15(3)4)23(19)24(31)28-18-11-9-17(27)10-12-18/h8-13,15-16,19-23,30H,5-7,14H2,1-4H3,(H,28,31)/t16-,19+,20+,21-,22-,23+/m1/s1. The molecule has 2 aliphatic rings. The van der Waals surface area contributed by atoms with Gasteiger partial charge in [0.25, 0.3) is 0 Å². The second-order valence-electron chi connectivity index (χ2n) is 9.40. The van der Waals surface area contributed by atoms with Gasteiger partial charge in [0.15, 0.2) is 0 Å². The van der Waals surface area contributed by atoms with Crippen LogP contribution in [0.1, 0.15) is 40.5 Å². The van der Waals surface area contributed by atoms with Crippen molar-refractivity contribution in [3.63, 3.8) is 0 Å². The van der Waals surface area contributed by atoms with E-state index in [9.17, 15) is 19.5 Å². The molecule has 0 saturated carbocycles. The molecule has 1 aromatic carbocycles. The van der Waals surface area contributed by atoms with Crippen LogP contribution in [0, 0.1) is 29.6 Å². The summed E-state index contributed by atoms with van der Waals surface area (Å²) >= 11 is 5.97. The van der Waals surface area contributed by atoms with Crippen LogP contribution in [0.2, 0.25) is 5.02 Å². The van der Waals surface area contributed by atoms with E-state index < -0.39 is 35.8 Å². The lowest BCUT2D eigenvalue weighted by molar-refractivity contribution is -0.156. The highest BCUT2D eigenvalue weighted by Crippen LogP contribution is 2.47. The normalized spacial score (nSPS) is 27.0. The molecule has 1 aromatic rings. The van der Waals surface area contributed by atoms with Crippen molar-refractivity contribution in [1.82, 2.24) is 4.90 Å². The van der Waals surface area contributed by atoms with Crippen molar-refractivity contribution in [2.75, 3.05) is 18.5 Å². The molecule has 0 aromatic heterocycles. The summed E-state index contributed by atoms with van der Waals surface area (Å²) in [6.07, 6.45) is 5.48. The van der Waals surface area contributed by atoms with Crippen molar-refractivity contribution in [1.29, 1.82) is 0 Å². The minimum atomic E-state index is -0.858. The fourth-order valence-corrected chi connectivity index (χ4v) is 5.47. The summed E-state index contributed by atoms with van der Waals surface area (Å²) in [6.45, 7) is 7.53. The number of aliphatic hydroxyl groups is 1. The lowest BCUT2D eigenvalue weighted by Crippen LogP contribution is -2.52. The summed E-state index contributed by atoms with van der Waals surface area (Å²) in [5.41, 5.74) is 0.556. The molecule has 0 unspecified atom stereocenters. The van der Waals surface area contributed by atoms with Crippen molar-refractivity contribution in [2.24, 2.45) is 29.6 Å². The Morgan fingerprint density at radius 3 is 2.41 bits per heavy atom. The molecule has 0 bridgehead atoms. The van der Waals surface area contributed by atoms with Gasteiger partial charge >= 0.3 is 5.97 Å². The zero-order valence-corrected chi connectivity index (χ0v) is 21.0. The molecule has 0 spiro atoms. The van der Waals surface area contributed by atoms with Crippen molar-refractivity contribution >= 4 is 35.1 Å². The molecule has 1 fully saturated rings. The number of rotatable bonds is 9. The molecule has 1 heterocycles. The highest BCUT2D eigenvalue weighted by molar-refractivity contribution is 6.30. The fourth-order valence-electron chi connectivity index (χ4n) is 5.34. The van der Waals surface area contributed by atoms with Crippen molar-refractivity contribution in [3.05, 3.63) is 41.4 Å². The zero-order valence-electron chi connectivity index (χ0n) is 20.2. The van der Waals surface area contributed by atoms with E-state index in [4.69, 9.17) is 16.3 Å². The number of aliphatic hydroxyl groups excluding tert-OH is 1. The smallest absolute Gasteiger partial charge is 0.310 e. The first-order valence-electron chi connectivity index (χ1n) is 12.1. The zero-order chi connectivity index (χ0) is 25.0. The average Bonchev–Trinajstić information content (AvgIpc) is 3.08. The first-order chi connectivity index (χ1) is 16.2. The Morgan fingerprint density at radius 1 is 1.18 bits per heavy atom. The van der Waals surface area contributed by atoms with Crippen LogP contribution < -0.4 is 5.32 Å². The number of carbonyl (C=O) groups is 3. The maximum absolute atomic E-state index is 13.9. The number of likely N-dealkylation sites (tertiary alicyclic amines) is 1. The van der Waals surface area contributed by atoms with Crippen LogP contribution in [-0.4, -0.2) is 53.1 Å². The monoisotopic (exact) mass is 490 g/mol. The summed E-state index contributed by atoms with van der Waals surface area (Å²) < 4.78 is 5.38. The summed E-state index contributed by atoms with van der Waals surface area (Å²) in [5, 5.41) is 13.6. The Morgan fingerprint density at radius 2 is 1.85 bits per heavy atom. The molecule has 2 amide bonds. The number of benzene rings is 1. The van der Waals surface area contributed by atoms with Crippen LogP contribution in [0.3, 0.4) is 0 Å². The average molecular weight is 491 g/mol. The molecule has 34 heavy (non-hydrogen) atoms. The van der Waals surface area contributed by atoms with Gasteiger partial charge in [0.2, 0.25) is 11.8 Å². The van der Waals surface area contributed by atoms with Gasteiger partial charge in [0, 0.05) is 16.6 Å². The van der Waals surface area contributed by atoms with E-state index in [0.717, 1.165) is 12.8 Å². The van der Waals surface area contributed by atoms with Gasteiger partial charge in [-0.3, -0.25) is 14.4 Å². The third kappa shape index (κ3) is 5.15. The molecule has 6 atom stereocenters. The van der Waals surface area contributed by atoms with Gasteiger partial charge in [-0.2, -0.15) is 0 Å². The number of nitrogens with zero attached hydrogens (tertiary/aromatic N) is 1. The number of carbonyl (C=O) groups excluding carboxylic acids is 3. The van der Waals surface area contributed by atoms with E-state index in [1.165, 1.54) is 4.90 Å². The number of allylic oxidation sites excluding steroid dienone is 1. The van der Waals surface area contributed by atoms with Crippen LogP contribution in [0.25, 0.3) is 0 Å². The quantitative estimate of drug-likeness (QED) is 0.404. The minimum absolute atomic E-state index is 0.0867. The van der Waals surface area contributed by atoms with Crippen LogP contribution in [0.4, 0.5) is 5.69 Å². The van der Waals surface area contributed by atoms with Gasteiger partial charge in [-0.1, -0.05) is 50.9 Å². The number of amides is 2. The van der Waals surface area contributed by atoms with Crippen LogP contribution >= 0.6 is 11.6 Å². The summed E-state index contributed by atoms with van der Waals surface area (Å²) in [5.74, 6) is -3.15. The van der Waals surface area contributed by atoms with Crippen molar-refractivity contribution in [3.8, 4) is 0 Å². The van der Waals surface area contributed by atoms with E-state index in [2.05, 4.69) is 5.32 Å². The number of fused-ring (bicyclic) bond motifs is 1. The molecule has 3 rings (SSSR count). The molecular formula is C26H35ClN2O5. The van der Waals surface area contributed by atoms with Crippen LogP contribution in [0.15, 0.2) is 36.4 Å². The molecule has 8 heteroatoms. The number of hydrogen-bond acceptors (Lipinski definition) is 5. The lowest BCUT2D eigenvalue weighted by atomic mass is 9.69. The number of ether oxygens (including phenoxy) is 1. The second-order valence-corrected chi connectivity index (χ2v) is 9.84. The van der Waals surface area contributed by atoms with E-state index in [-0.39, 0.29) is 36.9 Å². The SMILES string of the molecule is CCC[C@@H]1C=C[C@H]2[C@@H](C(=O)N([C@@H](CO)C(C)C)[C@@H]2C(=O)Nc2ccc(Cl)cc2)[C@@H]1C(=O)OCC. The molecule has 186 valence electrons. The number of anilines is 1. The highest BCUT2D eigenvalue weighted by Gasteiger charge is 2.59. The Bertz CT molecular complexity index is 916. The number of halogens is 1. The Hall–Kier alpha value is -2.38. The first-order valence-corrected chi connectivity index (χ1v) is 12.5. The Kier molecular flexibility index (Phi) is 8.77. The molecule has 1 saturated heterocycles. The molecule has 0 radical (unpaired) electrons. The topological polar surface area (TPSA) is 95.9 Å². The predicted octanol–water partition coefficient (Wildman–Crippen LogP) is 3.90. The third-order valence-electron chi connectivity index (χ3n) is 6.92. The minimum Gasteiger partial charge on any atom is -0.466 e. The van der Waals surface area contributed by atoms with Gasteiger partial charge in [0.05, 0.1) is 31.1 Å². The van der Waals surface area contributed by atoms with Gasteiger partial charge in [-0.25, -0.2) is 0 Å². The van der Waals surface area contributed by atoms with Gasteiger partial charge in [-0.15, -0.1) is 0 Å². The van der Waals surface area contributed by atoms with Crippen molar-refractivity contribution in [2.45, 2.75) is 52.6 Å². The Balaban J connectivity index is 2.04. The number of nitrogens with one attached hydrogen (secondary N) is 1. The van der Waals surface area contributed by atoms with E-state index in [1.807, 2.05) is 32.9 Å². The summed E-state index contributed by atoms with van der Waals surface area (Å²) in [4.78, 5) is 42.1. The number of esters is 1. The molecule has 1 aliphatic carbocycles. The maximum atomic E-state index is 13.9. The van der Waals surface area contributed by atoms with E-state index in [1.54, 1.807) is 31.2 Å². The molecular weight excluding hydrogens is 456 g/mol.